The van der Waals surface area contributed by atoms with E-state index in [1.807, 2.05) is 20.8 Å². The predicted octanol–water partition coefficient (Wildman–Crippen LogP) is 3.05. The molecular weight excluding hydrogens is 320 g/mol. The number of anilines is 1. The Morgan fingerprint density at radius 2 is 1.72 bits per heavy atom. The summed E-state index contributed by atoms with van der Waals surface area (Å²) in [5.74, 6) is -0.964. The van der Waals surface area contributed by atoms with Gasteiger partial charge in [-0.05, 0) is 36.4 Å². The zero-order valence-corrected chi connectivity index (χ0v) is 14.8. The number of benzene rings is 1. The van der Waals surface area contributed by atoms with Crippen LogP contribution in [-0.2, 0) is 16.6 Å². The van der Waals surface area contributed by atoms with Gasteiger partial charge in [0.05, 0.1) is 0 Å². The van der Waals surface area contributed by atoms with Crippen molar-refractivity contribution in [2.75, 3.05) is 11.9 Å². The number of Topliss-reactive ketones (excluding diaryl/α,β-unsaturated/α-hetero) is 1. The number of esters is 1. The highest BCUT2D eigenvalue weighted by atomic mass is 16.5. The maximum absolute atomic E-state index is 12.1. The fourth-order valence-corrected chi connectivity index (χ4v) is 2.02. The van der Waals surface area contributed by atoms with Gasteiger partial charge < -0.3 is 14.6 Å². The van der Waals surface area contributed by atoms with Gasteiger partial charge >= 0.3 is 5.97 Å². The summed E-state index contributed by atoms with van der Waals surface area (Å²) in [5, 5.41) is 2.78. The number of aryl methyl sites for hydroxylation is 1. The molecule has 0 unspecified atom stereocenters. The molecule has 0 bridgehead atoms. The van der Waals surface area contributed by atoms with Crippen molar-refractivity contribution >= 4 is 23.3 Å². The molecule has 2 rings (SSSR count). The van der Waals surface area contributed by atoms with Crippen LogP contribution in [0.25, 0.3) is 0 Å². The van der Waals surface area contributed by atoms with Crippen molar-refractivity contribution in [1.82, 2.24) is 4.57 Å². The molecule has 1 N–H and O–H groups in total. The Balaban J connectivity index is 1.93. The van der Waals surface area contributed by atoms with Crippen LogP contribution in [0.1, 0.15) is 41.6 Å². The summed E-state index contributed by atoms with van der Waals surface area (Å²) in [4.78, 5) is 35.9. The quantitative estimate of drug-likeness (QED) is 0.669. The average molecular weight is 342 g/mol. The number of nitrogens with one attached hydrogen (secondary N) is 1. The van der Waals surface area contributed by atoms with Gasteiger partial charge in [0, 0.05) is 29.9 Å². The minimum atomic E-state index is -0.546. The van der Waals surface area contributed by atoms with Gasteiger partial charge in [-0.25, -0.2) is 4.79 Å². The van der Waals surface area contributed by atoms with Crippen LogP contribution in [0.5, 0.6) is 0 Å². The molecule has 0 saturated carbocycles. The Kier molecular flexibility index (Phi) is 5.41. The van der Waals surface area contributed by atoms with Gasteiger partial charge in [0.25, 0.3) is 0 Å². The molecule has 2 aromatic rings. The fraction of sp³-hybridized carbons (Fsp3) is 0.316. The predicted molar refractivity (Wildman–Crippen MR) is 94.6 cm³/mol. The van der Waals surface area contributed by atoms with Crippen molar-refractivity contribution in [3.8, 4) is 0 Å². The van der Waals surface area contributed by atoms with Crippen LogP contribution < -0.4 is 5.32 Å². The molecule has 132 valence electrons. The van der Waals surface area contributed by atoms with E-state index in [0.29, 0.717) is 16.9 Å². The molecule has 0 aliphatic carbocycles. The molecular formula is C19H22N2O4. The first-order valence-corrected chi connectivity index (χ1v) is 7.91. The third-order valence-corrected chi connectivity index (χ3v) is 3.63. The van der Waals surface area contributed by atoms with Crippen molar-refractivity contribution in [2.24, 2.45) is 12.5 Å². The van der Waals surface area contributed by atoms with Gasteiger partial charge in [-0.3, -0.25) is 9.59 Å². The fourth-order valence-electron chi connectivity index (χ4n) is 2.02. The number of hydrogen-bond donors (Lipinski definition) is 1. The molecule has 25 heavy (non-hydrogen) atoms. The molecule has 0 spiro atoms. The molecule has 1 aromatic heterocycles. The Morgan fingerprint density at radius 1 is 1.08 bits per heavy atom. The minimum absolute atomic E-state index is 0.108. The number of aromatic nitrogens is 1. The van der Waals surface area contributed by atoms with Crippen LogP contribution in [0.2, 0.25) is 0 Å². The number of rotatable bonds is 5. The van der Waals surface area contributed by atoms with Crippen LogP contribution in [0, 0.1) is 5.41 Å². The van der Waals surface area contributed by atoms with Crippen LogP contribution in [0.4, 0.5) is 5.69 Å². The van der Waals surface area contributed by atoms with Gasteiger partial charge in [0.2, 0.25) is 5.91 Å². The SMILES string of the molecule is Cn1cccc1C(=O)OCC(=O)c1ccc(NC(=O)C(C)(C)C)cc1. The maximum atomic E-state index is 12.1. The monoisotopic (exact) mass is 342 g/mol. The van der Waals surface area contributed by atoms with Crippen molar-refractivity contribution in [3.63, 3.8) is 0 Å². The Hall–Kier alpha value is -2.89. The third-order valence-electron chi connectivity index (χ3n) is 3.63. The van der Waals surface area contributed by atoms with Gasteiger partial charge in [-0.2, -0.15) is 0 Å². The standard InChI is InChI=1S/C19H22N2O4/c1-19(2,3)18(24)20-14-9-7-13(8-10-14)16(22)12-25-17(23)15-6-5-11-21(15)4/h5-11H,12H2,1-4H3,(H,20,24). The third kappa shape index (κ3) is 4.79. The first-order valence-electron chi connectivity index (χ1n) is 7.91. The lowest BCUT2D eigenvalue weighted by Gasteiger charge is -2.17. The lowest BCUT2D eigenvalue weighted by molar-refractivity contribution is -0.123. The first-order chi connectivity index (χ1) is 11.7. The highest BCUT2D eigenvalue weighted by Gasteiger charge is 2.21. The van der Waals surface area contributed by atoms with E-state index in [1.165, 1.54) is 0 Å². The summed E-state index contributed by atoms with van der Waals surface area (Å²) in [5.41, 5.74) is 0.901. The van der Waals surface area contributed by atoms with Crippen LogP contribution in [0.3, 0.4) is 0 Å². The number of nitrogens with zero attached hydrogens (tertiary/aromatic N) is 1. The van der Waals surface area contributed by atoms with Gasteiger partial charge in [0.1, 0.15) is 5.69 Å². The van der Waals surface area contributed by atoms with Gasteiger partial charge in [-0.15, -0.1) is 0 Å². The zero-order valence-electron chi connectivity index (χ0n) is 14.8. The summed E-state index contributed by atoms with van der Waals surface area (Å²) in [6.45, 7) is 5.13. The van der Waals surface area contributed by atoms with E-state index in [1.54, 1.807) is 54.2 Å². The molecule has 1 amide bonds. The smallest absolute Gasteiger partial charge is 0.355 e. The molecule has 6 nitrogen and oxygen atoms in total. The summed E-state index contributed by atoms with van der Waals surface area (Å²) in [7, 11) is 1.73. The normalized spacial score (nSPS) is 11.0. The molecule has 0 aliphatic rings. The molecule has 0 aliphatic heterocycles. The van der Waals surface area contributed by atoms with E-state index in [2.05, 4.69) is 5.32 Å². The summed E-state index contributed by atoms with van der Waals surface area (Å²) < 4.78 is 6.67. The Morgan fingerprint density at radius 3 is 2.24 bits per heavy atom. The van der Waals surface area contributed by atoms with Crippen molar-refractivity contribution in [3.05, 3.63) is 53.9 Å². The van der Waals surface area contributed by atoms with Gasteiger partial charge in [-0.1, -0.05) is 20.8 Å². The van der Waals surface area contributed by atoms with Crippen LogP contribution in [0.15, 0.2) is 42.6 Å². The van der Waals surface area contributed by atoms with E-state index >= 15 is 0 Å². The Bertz CT molecular complexity index is 783. The lowest BCUT2D eigenvalue weighted by atomic mass is 9.95. The van der Waals surface area contributed by atoms with E-state index in [-0.39, 0.29) is 18.3 Å². The summed E-state index contributed by atoms with van der Waals surface area (Å²) in [6.07, 6.45) is 1.73. The number of amides is 1. The van der Waals surface area contributed by atoms with Crippen LogP contribution >= 0.6 is 0 Å². The molecule has 0 fully saturated rings. The molecule has 0 atom stereocenters. The topological polar surface area (TPSA) is 77.4 Å². The number of ether oxygens (including phenoxy) is 1. The zero-order chi connectivity index (χ0) is 18.6. The van der Waals surface area contributed by atoms with Crippen LogP contribution in [-0.4, -0.2) is 28.8 Å². The second-order valence-electron chi connectivity index (χ2n) is 6.79. The van der Waals surface area contributed by atoms with Crippen molar-refractivity contribution in [1.29, 1.82) is 0 Å². The highest BCUT2D eigenvalue weighted by molar-refractivity contribution is 6.00. The number of ketones is 1. The largest absolute Gasteiger partial charge is 0.453 e. The summed E-state index contributed by atoms with van der Waals surface area (Å²) in [6, 6.07) is 9.84. The molecule has 0 saturated heterocycles. The Labute approximate surface area is 146 Å². The van der Waals surface area contributed by atoms with E-state index in [9.17, 15) is 14.4 Å². The van der Waals surface area contributed by atoms with Crippen molar-refractivity contribution in [2.45, 2.75) is 20.8 Å². The van der Waals surface area contributed by atoms with E-state index < -0.39 is 11.4 Å². The van der Waals surface area contributed by atoms with E-state index in [4.69, 9.17) is 4.74 Å². The maximum Gasteiger partial charge on any atom is 0.355 e. The molecule has 1 aromatic carbocycles. The molecule has 1 heterocycles. The first kappa shape index (κ1) is 18.4. The minimum Gasteiger partial charge on any atom is -0.453 e. The average Bonchev–Trinajstić information content (AvgIpc) is 2.98. The van der Waals surface area contributed by atoms with Gasteiger partial charge in [0.15, 0.2) is 12.4 Å². The second kappa shape index (κ2) is 7.34. The highest BCUT2D eigenvalue weighted by Crippen LogP contribution is 2.18. The molecule has 0 radical (unpaired) electrons. The van der Waals surface area contributed by atoms with E-state index in [0.717, 1.165) is 0 Å². The number of hydrogen-bond acceptors (Lipinski definition) is 4. The van der Waals surface area contributed by atoms with Crippen molar-refractivity contribution < 1.29 is 19.1 Å². The number of carbonyl (C=O) groups is 3. The summed E-state index contributed by atoms with van der Waals surface area (Å²) >= 11 is 0. The lowest BCUT2D eigenvalue weighted by Crippen LogP contribution is -2.27. The second-order valence-corrected chi connectivity index (χ2v) is 6.79. The molecule has 6 heteroatoms. The number of carbonyl (C=O) groups excluding carboxylic acids is 3.